The Labute approximate surface area is 230 Å². The van der Waals surface area contributed by atoms with Gasteiger partial charge in [0.25, 0.3) is 17.4 Å². The molecule has 0 bridgehead atoms. The van der Waals surface area contributed by atoms with E-state index in [9.17, 15) is 24.8 Å². The van der Waals surface area contributed by atoms with Gasteiger partial charge in [-0.2, -0.15) is 0 Å². The fourth-order valence-corrected chi connectivity index (χ4v) is 4.71. The number of nitro benzene ring substituents is 1. The average molecular weight is 536 g/mol. The van der Waals surface area contributed by atoms with Gasteiger partial charge in [0.2, 0.25) is 0 Å². The minimum absolute atomic E-state index is 0.0577. The maximum Gasteiger partial charge on any atom is 0.295 e. The lowest BCUT2D eigenvalue weighted by Crippen LogP contribution is -2.29. The molecule has 200 valence electrons. The molecule has 0 unspecified atom stereocenters. The van der Waals surface area contributed by atoms with E-state index in [1.165, 1.54) is 29.2 Å². The van der Waals surface area contributed by atoms with Gasteiger partial charge < -0.3 is 14.7 Å². The summed E-state index contributed by atoms with van der Waals surface area (Å²) in [7, 11) is 0. The summed E-state index contributed by atoms with van der Waals surface area (Å²) in [6, 6.07) is 22.9. The van der Waals surface area contributed by atoms with Crippen LogP contribution in [0.25, 0.3) is 5.76 Å². The van der Waals surface area contributed by atoms with E-state index in [2.05, 4.69) is 4.98 Å². The van der Waals surface area contributed by atoms with Gasteiger partial charge in [-0.15, -0.1) is 0 Å². The Morgan fingerprint density at radius 2 is 1.73 bits per heavy atom. The summed E-state index contributed by atoms with van der Waals surface area (Å²) in [6.07, 6.45) is 3.19. The second-order valence-corrected chi connectivity index (χ2v) is 9.39. The Bertz CT molecular complexity index is 1600. The molecule has 1 saturated heterocycles. The zero-order valence-corrected chi connectivity index (χ0v) is 21.6. The summed E-state index contributed by atoms with van der Waals surface area (Å²) >= 11 is 0. The Kier molecular flexibility index (Phi) is 7.37. The largest absolute Gasteiger partial charge is 0.507 e. The minimum Gasteiger partial charge on any atom is -0.507 e. The fraction of sp³-hybridized carbons (Fsp3) is 0.129. The maximum atomic E-state index is 13.3. The van der Waals surface area contributed by atoms with E-state index in [1.54, 1.807) is 42.7 Å². The number of ether oxygens (including phenoxy) is 1. The van der Waals surface area contributed by atoms with Gasteiger partial charge in [0.05, 0.1) is 16.5 Å². The number of pyridine rings is 1. The number of aromatic nitrogens is 1. The van der Waals surface area contributed by atoms with Gasteiger partial charge in [-0.25, -0.2) is 0 Å². The number of carbonyl (C=O) groups is 2. The van der Waals surface area contributed by atoms with Crippen molar-refractivity contribution in [2.45, 2.75) is 26.1 Å². The van der Waals surface area contributed by atoms with Crippen LogP contribution in [0.5, 0.6) is 5.75 Å². The molecule has 9 heteroatoms. The molecule has 1 amide bonds. The molecule has 4 aromatic rings. The zero-order chi connectivity index (χ0) is 28.2. The molecule has 5 rings (SSSR count). The van der Waals surface area contributed by atoms with Crippen LogP contribution in [0.15, 0.2) is 103 Å². The van der Waals surface area contributed by atoms with Crippen LogP contribution in [0.4, 0.5) is 5.69 Å². The lowest BCUT2D eigenvalue weighted by atomic mass is 9.94. The highest BCUT2D eigenvalue weighted by Gasteiger charge is 2.46. The van der Waals surface area contributed by atoms with Crippen LogP contribution >= 0.6 is 0 Å². The number of benzene rings is 3. The number of likely N-dealkylation sites (tertiary alicyclic amines) is 1. The van der Waals surface area contributed by atoms with E-state index < -0.39 is 22.7 Å². The summed E-state index contributed by atoms with van der Waals surface area (Å²) in [4.78, 5) is 42.7. The Hall–Kier alpha value is -5.31. The first kappa shape index (κ1) is 26.3. The number of ketones is 1. The van der Waals surface area contributed by atoms with E-state index in [-0.39, 0.29) is 23.6 Å². The molecule has 1 aliphatic heterocycles. The van der Waals surface area contributed by atoms with E-state index in [0.717, 1.165) is 11.1 Å². The highest BCUT2D eigenvalue weighted by molar-refractivity contribution is 6.46. The van der Waals surface area contributed by atoms with Crippen molar-refractivity contribution < 1.29 is 24.4 Å². The molecule has 1 N–H and O–H groups in total. The minimum atomic E-state index is -0.963. The molecular weight excluding hydrogens is 510 g/mol. The molecule has 1 aliphatic rings. The van der Waals surface area contributed by atoms with Crippen molar-refractivity contribution in [2.24, 2.45) is 0 Å². The molecule has 0 saturated carbocycles. The van der Waals surface area contributed by atoms with Gasteiger partial charge in [-0.3, -0.25) is 24.7 Å². The van der Waals surface area contributed by atoms with Crippen LogP contribution < -0.4 is 4.74 Å². The quantitative estimate of drug-likeness (QED) is 0.104. The molecule has 1 fully saturated rings. The highest BCUT2D eigenvalue weighted by Crippen LogP contribution is 2.41. The van der Waals surface area contributed by atoms with Crippen LogP contribution in [0.3, 0.4) is 0 Å². The number of nitro groups is 1. The maximum absolute atomic E-state index is 13.3. The van der Waals surface area contributed by atoms with Crippen molar-refractivity contribution in [1.82, 2.24) is 9.88 Å². The first-order valence-corrected chi connectivity index (χ1v) is 12.5. The van der Waals surface area contributed by atoms with Crippen LogP contribution in [0.2, 0.25) is 0 Å². The van der Waals surface area contributed by atoms with Crippen molar-refractivity contribution in [3.05, 3.63) is 141 Å². The molecule has 0 radical (unpaired) electrons. The van der Waals surface area contributed by atoms with E-state index in [1.807, 2.05) is 37.3 Å². The third-order valence-corrected chi connectivity index (χ3v) is 6.72. The number of aryl methyl sites for hydroxylation is 1. The first-order valence-electron chi connectivity index (χ1n) is 12.5. The van der Waals surface area contributed by atoms with E-state index >= 15 is 0 Å². The lowest BCUT2D eigenvalue weighted by molar-refractivity contribution is -0.384. The number of aliphatic hydroxyl groups is 1. The van der Waals surface area contributed by atoms with Gasteiger partial charge in [0.1, 0.15) is 18.1 Å². The number of nitrogens with zero attached hydrogens (tertiary/aromatic N) is 3. The van der Waals surface area contributed by atoms with Gasteiger partial charge in [-0.05, 0) is 65.6 Å². The van der Waals surface area contributed by atoms with Crippen molar-refractivity contribution in [2.75, 3.05) is 0 Å². The van der Waals surface area contributed by atoms with Crippen LogP contribution in [-0.4, -0.2) is 31.6 Å². The number of aliphatic hydroxyl groups excluding tert-OH is 1. The van der Waals surface area contributed by atoms with Crippen LogP contribution in [0.1, 0.15) is 33.9 Å². The SMILES string of the molecule is Cc1cc(C(O)=C2C(=O)C(=O)N(Cc3cccnc3)[C@H]2c2ccc([N+](=O)[O-])cc2)ccc1OCc1ccccc1. The molecule has 1 aromatic heterocycles. The smallest absolute Gasteiger partial charge is 0.295 e. The van der Waals surface area contributed by atoms with Gasteiger partial charge in [0, 0.05) is 36.6 Å². The number of non-ortho nitro benzene ring substituents is 1. The van der Waals surface area contributed by atoms with Gasteiger partial charge in [-0.1, -0.05) is 36.4 Å². The number of hydrogen-bond donors (Lipinski definition) is 1. The number of Topliss-reactive ketones (excluding diaryl/α,β-unsaturated/α-hetero) is 1. The molecule has 9 nitrogen and oxygen atoms in total. The predicted molar refractivity (Wildman–Crippen MR) is 147 cm³/mol. The first-order chi connectivity index (χ1) is 19.3. The molecular formula is C31H25N3O6. The second-order valence-electron chi connectivity index (χ2n) is 9.39. The standard InChI is InChI=1S/C31H25N3O6/c1-20-16-24(11-14-26(20)40-19-21-6-3-2-4-7-21)29(35)27-28(23-9-12-25(13-10-23)34(38)39)33(31(37)30(27)36)18-22-8-5-15-32-17-22/h2-17,28,35H,18-19H2,1H3/t28-/m0/s1. The number of amides is 1. The summed E-state index contributed by atoms with van der Waals surface area (Å²) in [5.74, 6) is -1.35. The Morgan fingerprint density at radius 3 is 2.38 bits per heavy atom. The van der Waals surface area contributed by atoms with Crippen molar-refractivity contribution in [1.29, 1.82) is 0 Å². The molecule has 0 aliphatic carbocycles. The lowest BCUT2D eigenvalue weighted by Gasteiger charge is -2.25. The van der Waals surface area contributed by atoms with E-state index in [0.29, 0.717) is 29.0 Å². The van der Waals surface area contributed by atoms with Crippen molar-refractivity contribution >= 4 is 23.1 Å². The second kappa shape index (κ2) is 11.2. The number of carbonyl (C=O) groups excluding carboxylic acids is 2. The third-order valence-electron chi connectivity index (χ3n) is 6.72. The van der Waals surface area contributed by atoms with Crippen LogP contribution in [0, 0.1) is 17.0 Å². The summed E-state index contributed by atoms with van der Waals surface area (Å²) < 4.78 is 5.94. The molecule has 3 aromatic carbocycles. The fourth-order valence-electron chi connectivity index (χ4n) is 4.71. The number of hydrogen-bond acceptors (Lipinski definition) is 7. The number of rotatable bonds is 8. The van der Waals surface area contributed by atoms with Gasteiger partial charge in [0.15, 0.2) is 0 Å². The molecule has 2 heterocycles. The summed E-state index contributed by atoms with van der Waals surface area (Å²) in [5.41, 5.74) is 2.99. The van der Waals surface area contributed by atoms with Crippen molar-refractivity contribution in [3.63, 3.8) is 0 Å². The third kappa shape index (κ3) is 5.30. The molecule has 1 atom stereocenters. The van der Waals surface area contributed by atoms with Gasteiger partial charge >= 0.3 is 0 Å². The van der Waals surface area contributed by atoms with Crippen molar-refractivity contribution in [3.8, 4) is 5.75 Å². The Balaban J connectivity index is 1.53. The van der Waals surface area contributed by atoms with E-state index in [4.69, 9.17) is 4.74 Å². The molecule has 40 heavy (non-hydrogen) atoms. The normalized spacial score (nSPS) is 16.2. The summed E-state index contributed by atoms with van der Waals surface area (Å²) in [5, 5.41) is 22.6. The zero-order valence-electron chi connectivity index (χ0n) is 21.6. The van der Waals surface area contributed by atoms with Crippen LogP contribution in [-0.2, 0) is 22.7 Å². The highest BCUT2D eigenvalue weighted by atomic mass is 16.6. The summed E-state index contributed by atoms with van der Waals surface area (Å²) in [6.45, 7) is 2.25. The monoisotopic (exact) mass is 535 g/mol. The Morgan fingerprint density at radius 1 is 1.00 bits per heavy atom. The average Bonchev–Trinajstić information content (AvgIpc) is 3.22. The predicted octanol–water partition coefficient (Wildman–Crippen LogP) is 5.50. The molecule has 0 spiro atoms. The topological polar surface area (TPSA) is 123 Å².